The van der Waals surface area contributed by atoms with E-state index in [1.165, 1.54) is 24.3 Å². The minimum Gasteiger partial charge on any atom is -0.285 e. The number of Topliss-reactive ketones (excluding diaryl/α,β-unsaturated/α-hetero) is 4. The highest BCUT2D eigenvalue weighted by atomic mass is 16.6. The van der Waals surface area contributed by atoms with Crippen LogP contribution in [0.1, 0.15) is 41.4 Å². The molecule has 0 atom stereocenters. The summed E-state index contributed by atoms with van der Waals surface area (Å²) in [6.07, 6.45) is 0. The van der Waals surface area contributed by atoms with Gasteiger partial charge in [-0.05, 0) is 34.4 Å². The van der Waals surface area contributed by atoms with Crippen LogP contribution in [-0.4, -0.2) is 33.0 Å². The lowest BCUT2D eigenvalue weighted by atomic mass is 9.83. The zero-order valence-electron chi connectivity index (χ0n) is 19.2. The molecule has 0 spiro atoms. The van der Waals surface area contributed by atoms with Crippen LogP contribution in [0.2, 0.25) is 0 Å². The first kappa shape index (κ1) is 24.1. The summed E-state index contributed by atoms with van der Waals surface area (Å²) in [5.74, 6) is -2.64. The van der Waals surface area contributed by atoms with E-state index in [0.717, 1.165) is 23.3 Å². The van der Waals surface area contributed by atoms with Crippen molar-refractivity contribution < 1.29 is 29.0 Å². The standard InChI is InChI=1S/C14H6N2O6.C14H8O2/c17-13-11-5-7(15(19)20)1-3-9(11)10-4-2-8(16(21)22)6-12(10)14(13)18;15-13-11-7-3-1-5-9(11)10-6-2-4-8-12(10)14(13)16/h1-6H;1-8H. The number of non-ortho nitro benzene ring substituents is 2. The molecule has 2 aliphatic carbocycles. The third-order valence-electron chi connectivity index (χ3n) is 6.25. The van der Waals surface area contributed by atoms with Crippen LogP contribution in [0.15, 0.2) is 84.9 Å². The maximum absolute atomic E-state index is 12.1. The predicted octanol–water partition coefficient (Wildman–Crippen LogP) is 5.28. The number of nitro groups is 2. The number of carbonyl (C=O) groups is 4. The number of ketones is 4. The van der Waals surface area contributed by atoms with Crippen molar-refractivity contribution in [3.8, 4) is 22.3 Å². The van der Waals surface area contributed by atoms with Crippen LogP contribution in [0, 0.1) is 20.2 Å². The molecule has 10 heteroatoms. The molecule has 0 fully saturated rings. The molecule has 0 amide bonds. The second-order valence-corrected chi connectivity index (χ2v) is 8.38. The number of rotatable bonds is 2. The van der Waals surface area contributed by atoms with Crippen LogP contribution in [0.4, 0.5) is 11.4 Å². The van der Waals surface area contributed by atoms with Gasteiger partial charge in [-0.2, -0.15) is 0 Å². The Morgan fingerprint density at radius 3 is 1.03 bits per heavy atom. The van der Waals surface area contributed by atoms with Gasteiger partial charge in [0.05, 0.1) is 9.85 Å². The first-order chi connectivity index (χ1) is 18.2. The lowest BCUT2D eigenvalue weighted by molar-refractivity contribution is -0.385. The summed E-state index contributed by atoms with van der Waals surface area (Å²) in [6, 6.07) is 21.7. The summed E-state index contributed by atoms with van der Waals surface area (Å²) in [6.45, 7) is 0. The SMILES string of the molecule is O=C1C(=O)c2cc([N+](=O)[O-])ccc2-c2ccc([N+](=O)[O-])cc21.O=C1C(=O)c2ccccc2-c2ccccc21. The molecule has 0 heterocycles. The van der Waals surface area contributed by atoms with Gasteiger partial charge < -0.3 is 0 Å². The molecule has 6 rings (SSSR count). The second-order valence-electron chi connectivity index (χ2n) is 8.38. The molecule has 4 aromatic carbocycles. The van der Waals surface area contributed by atoms with E-state index < -0.39 is 33.0 Å². The van der Waals surface area contributed by atoms with Gasteiger partial charge in [0.1, 0.15) is 0 Å². The van der Waals surface area contributed by atoms with Crippen molar-refractivity contribution in [2.45, 2.75) is 0 Å². The van der Waals surface area contributed by atoms with Crippen LogP contribution < -0.4 is 0 Å². The van der Waals surface area contributed by atoms with Gasteiger partial charge in [-0.1, -0.05) is 48.5 Å². The Kier molecular flexibility index (Phi) is 5.76. The third-order valence-corrected chi connectivity index (χ3v) is 6.25. The normalized spacial score (nSPS) is 12.8. The summed E-state index contributed by atoms with van der Waals surface area (Å²) < 4.78 is 0. The van der Waals surface area contributed by atoms with Gasteiger partial charge in [-0.15, -0.1) is 0 Å². The molecule has 0 saturated carbocycles. The fraction of sp³-hybridized carbons (Fsp3) is 0. The Hall–Kier alpha value is -5.64. The number of hydrogen-bond donors (Lipinski definition) is 0. The number of hydrogen-bond acceptors (Lipinski definition) is 8. The van der Waals surface area contributed by atoms with E-state index in [2.05, 4.69) is 0 Å². The molecular weight excluding hydrogens is 492 g/mol. The van der Waals surface area contributed by atoms with Crippen LogP contribution in [-0.2, 0) is 0 Å². The minimum atomic E-state index is -0.910. The summed E-state index contributed by atoms with van der Waals surface area (Å²) in [7, 11) is 0. The van der Waals surface area contributed by atoms with Crippen LogP contribution in [0.25, 0.3) is 22.3 Å². The van der Waals surface area contributed by atoms with Crippen LogP contribution in [0.3, 0.4) is 0 Å². The molecule has 0 unspecified atom stereocenters. The molecule has 0 N–H and O–H groups in total. The average Bonchev–Trinajstić information content (AvgIpc) is 2.94. The second kappa shape index (κ2) is 9.10. The Morgan fingerprint density at radius 2 is 0.684 bits per heavy atom. The largest absolute Gasteiger partial charge is 0.285 e. The predicted molar refractivity (Wildman–Crippen MR) is 134 cm³/mol. The molecule has 184 valence electrons. The first-order valence-electron chi connectivity index (χ1n) is 11.1. The van der Waals surface area contributed by atoms with E-state index in [1.54, 1.807) is 24.3 Å². The third kappa shape index (κ3) is 3.86. The molecule has 2 aliphatic rings. The molecule has 4 aromatic rings. The molecule has 0 aromatic heterocycles. The Balaban J connectivity index is 0.000000162. The molecular formula is C28H14N2O8. The highest BCUT2D eigenvalue weighted by molar-refractivity contribution is 6.53. The first-order valence-corrected chi connectivity index (χ1v) is 11.1. The van der Waals surface area contributed by atoms with Crippen molar-refractivity contribution in [2.75, 3.05) is 0 Å². The maximum Gasteiger partial charge on any atom is 0.270 e. The van der Waals surface area contributed by atoms with E-state index >= 15 is 0 Å². The summed E-state index contributed by atoms with van der Waals surface area (Å²) in [5, 5.41) is 21.5. The Morgan fingerprint density at radius 1 is 0.395 bits per heavy atom. The summed E-state index contributed by atoms with van der Waals surface area (Å²) in [5.41, 5.74) is 2.67. The lowest BCUT2D eigenvalue weighted by Crippen LogP contribution is -2.21. The minimum absolute atomic E-state index is 0.0689. The monoisotopic (exact) mass is 506 g/mol. The number of carbonyl (C=O) groups excluding carboxylic acids is 4. The average molecular weight is 506 g/mol. The number of nitrogens with zero attached hydrogens (tertiary/aromatic N) is 2. The Bertz CT molecular complexity index is 1630. The zero-order valence-corrected chi connectivity index (χ0v) is 19.2. The molecule has 0 radical (unpaired) electrons. The molecule has 38 heavy (non-hydrogen) atoms. The number of benzene rings is 4. The summed E-state index contributed by atoms with van der Waals surface area (Å²) >= 11 is 0. The fourth-order valence-electron chi connectivity index (χ4n) is 4.46. The van der Waals surface area contributed by atoms with Gasteiger partial charge in [0, 0.05) is 46.5 Å². The molecule has 10 nitrogen and oxygen atoms in total. The van der Waals surface area contributed by atoms with Gasteiger partial charge >= 0.3 is 0 Å². The van der Waals surface area contributed by atoms with Crippen molar-refractivity contribution in [3.63, 3.8) is 0 Å². The van der Waals surface area contributed by atoms with Crippen LogP contribution in [0.5, 0.6) is 0 Å². The van der Waals surface area contributed by atoms with Crippen molar-refractivity contribution in [1.29, 1.82) is 0 Å². The quantitative estimate of drug-likeness (QED) is 0.202. The molecule has 0 bridgehead atoms. The van der Waals surface area contributed by atoms with E-state index in [0.29, 0.717) is 22.3 Å². The van der Waals surface area contributed by atoms with Crippen molar-refractivity contribution in [1.82, 2.24) is 0 Å². The highest BCUT2D eigenvalue weighted by Gasteiger charge is 2.33. The van der Waals surface area contributed by atoms with Gasteiger partial charge in [0.25, 0.3) is 11.4 Å². The zero-order chi connectivity index (χ0) is 27.1. The van der Waals surface area contributed by atoms with Crippen molar-refractivity contribution in [3.05, 3.63) is 127 Å². The highest BCUT2D eigenvalue weighted by Crippen LogP contribution is 2.37. The van der Waals surface area contributed by atoms with Gasteiger partial charge in [-0.3, -0.25) is 39.4 Å². The van der Waals surface area contributed by atoms with Crippen molar-refractivity contribution in [2.24, 2.45) is 0 Å². The fourth-order valence-corrected chi connectivity index (χ4v) is 4.46. The summed E-state index contributed by atoms with van der Waals surface area (Å²) in [4.78, 5) is 68.1. The van der Waals surface area contributed by atoms with Gasteiger partial charge in [-0.25, -0.2) is 0 Å². The van der Waals surface area contributed by atoms with Crippen molar-refractivity contribution >= 4 is 34.5 Å². The number of fused-ring (bicyclic) bond motifs is 6. The smallest absolute Gasteiger partial charge is 0.270 e. The molecule has 0 aliphatic heterocycles. The lowest BCUT2D eigenvalue weighted by Gasteiger charge is -2.17. The molecule has 0 saturated heterocycles. The Labute approximate surface area is 213 Å². The van der Waals surface area contributed by atoms with Gasteiger partial charge in [0.2, 0.25) is 23.1 Å². The topological polar surface area (TPSA) is 155 Å². The van der Waals surface area contributed by atoms with Crippen LogP contribution >= 0.6 is 0 Å². The maximum atomic E-state index is 12.1. The van der Waals surface area contributed by atoms with Gasteiger partial charge in [0.15, 0.2) is 0 Å². The van der Waals surface area contributed by atoms with E-state index in [4.69, 9.17) is 0 Å². The van der Waals surface area contributed by atoms with E-state index in [9.17, 15) is 39.4 Å². The number of nitro benzene ring substituents is 2. The van der Waals surface area contributed by atoms with E-state index in [-0.39, 0.29) is 22.5 Å². The van der Waals surface area contributed by atoms with E-state index in [1.807, 2.05) is 24.3 Å².